The third-order valence-corrected chi connectivity index (χ3v) is 4.21. The van der Waals surface area contributed by atoms with E-state index in [9.17, 15) is 4.79 Å². The van der Waals surface area contributed by atoms with Gasteiger partial charge in [0.05, 0.1) is 10.7 Å². The lowest BCUT2D eigenvalue weighted by molar-refractivity contribution is 0.0627. The number of likely N-dealkylation sites (tertiary alicyclic amines) is 1. The zero-order valence-corrected chi connectivity index (χ0v) is 11.6. The van der Waals surface area contributed by atoms with Gasteiger partial charge in [0.1, 0.15) is 0 Å². The predicted molar refractivity (Wildman–Crippen MR) is 74.7 cm³/mol. The third kappa shape index (κ3) is 2.61. The Hall–Kier alpha value is -1.22. The number of carbonyl (C=O) groups is 1. The average molecular weight is 267 g/mol. The molecule has 2 unspecified atom stereocenters. The second-order valence-electron chi connectivity index (χ2n) is 5.23. The Bertz CT molecular complexity index is 461. The first-order valence-electron chi connectivity index (χ1n) is 6.33. The van der Waals surface area contributed by atoms with Gasteiger partial charge >= 0.3 is 0 Å². The Labute approximate surface area is 113 Å². The van der Waals surface area contributed by atoms with Gasteiger partial charge in [-0.3, -0.25) is 4.79 Å². The molecule has 1 aromatic rings. The topological polar surface area (TPSA) is 46.3 Å². The van der Waals surface area contributed by atoms with Gasteiger partial charge in [-0.1, -0.05) is 25.4 Å². The SMILES string of the molecule is CC1CCN(C(=O)c2ccc(Cl)c(N)c2)CC1C. The number of nitrogen functional groups attached to an aromatic ring is 1. The van der Waals surface area contributed by atoms with E-state index < -0.39 is 0 Å². The number of anilines is 1. The zero-order valence-electron chi connectivity index (χ0n) is 10.8. The molecule has 0 bridgehead atoms. The van der Waals surface area contributed by atoms with E-state index in [0.29, 0.717) is 28.1 Å². The molecule has 1 aliphatic rings. The highest BCUT2D eigenvalue weighted by molar-refractivity contribution is 6.33. The molecular formula is C14H19ClN2O. The summed E-state index contributed by atoms with van der Waals surface area (Å²) in [7, 11) is 0. The Balaban J connectivity index is 2.14. The summed E-state index contributed by atoms with van der Waals surface area (Å²) in [5.74, 6) is 1.29. The number of hydrogen-bond acceptors (Lipinski definition) is 2. The van der Waals surface area contributed by atoms with Crippen molar-refractivity contribution < 1.29 is 4.79 Å². The largest absolute Gasteiger partial charge is 0.398 e. The summed E-state index contributed by atoms with van der Waals surface area (Å²) in [5, 5.41) is 0.493. The van der Waals surface area contributed by atoms with Crippen molar-refractivity contribution in [2.45, 2.75) is 20.3 Å². The lowest BCUT2D eigenvalue weighted by Crippen LogP contribution is -2.42. The van der Waals surface area contributed by atoms with E-state index in [1.54, 1.807) is 18.2 Å². The molecule has 1 aromatic carbocycles. The number of benzene rings is 1. The zero-order chi connectivity index (χ0) is 13.3. The van der Waals surface area contributed by atoms with Gasteiger partial charge in [0.15, 0.2) is 0 Å². The number of halogens is 1. The van der Waals surface area contributed by atoms with Crippen LogP contribution in [0.1, 0.15) is 30.6 Å². The van der Waals surface area contributed by atoms with Crippen molar-refractivity contribution >= 4 is 23.2 Å². The molecule has 3 nitrogen and oxygen atoms in total. The smallest absolute Gasteiger partial charge is 0.253 e. The predicted octanol–water partition coefficient (Wildman–Crippen LogP) is 3.04. The number of carbonyl (C=O) groups excluding carboxylic acids is 1. The fourth-order valence-corrected chi connectivity index (χ4v) is 2.42. The van der Waals surface area contributed by atoms with Crippen molar-refractivity contribution in [2.24, 2.45) is 11.8 Å². The molecular weight excluding hydrogens is 248 g/mol. The van der Waals surface area contributed by atoms with Crippen molar-refractivity contribution in [3.63, 3.8) is 0 Å². The van der Waals surface area contributed by atoms with Crippen molar-refractivity contribution in [2.75, 3.05) is 18.8 Å². The maximum absolute atomic E-state index is 12.3. The van der Waals surface area contributed by atoms with Crippen LogP contribution in [0.25, 0.3) is 0 Å². The Morgan fingerprint density at radius 3 is 2.72 bits per heavy atom. The van der Waals surface area contributed by atoms with E-state index in [4.69, 9.17) is 17.3 Å². The van der Waals surface area contributed by atoms with E-state index in [1.807, 2.05) is 4.90 Å². The third-order valence-electron chi connectivity index (χ3n) is 3.86. The van der Waals surface area contributed by atoms with Crippen LogP contribution in [0, 0.1) is 11.8 Å². The minimum atomic E-state index is 0.0529. The summed E-state index contributed by atoms with van der Waals surface area (Å²) >= 11 is 5.86. The number of amides is 1. The summed E-state index contributed by atoms with van der Waals surface area (Å²) in [6, 6.07) is 5.08. The molecule has 1 amide bonds. The monoisotopic (exact) mass is 266 g/mol. The van der Waals surface area contributed by atoms with E-state index >= 15 is 0 Å². The van der Waals surface area contributed by atoms with Crippen LogP contribution in [0.15, 0.2) is 18.2 Å². The molecule has 1 heterocycles. The van der Waals surface area contributed by atoms with Gasteiger partial charge in [0.2, 0.25) is 0 Å². The molecule has 2 N–H and O–H groups in total. The highest BCUT2D eigenvalue weighted by Crippen LogP contribution is 2.25. The van der Waals surface area contributed by atoms with Crippen LogP contribution in [-0.2, 0) is 0 Å². The Morgan fingerprint density at radius 1 is 1.39 bits per heavy atom. The molecule has 98 valence electrons. The molecule has 0 aliphatic carbocycles. The van der Waals surface area contributed by atoms with Crippen molar-refractivity contribution in [3.8, 4) is 0 Å². The fourth-order valence-electron chi connectivity index (χ4n) is 2.31. The van der Waals surface area contributed by atoms with E-state index in [1.165, 1.54) is 0 Å². The minimum absolute atomic E-state index is 0.0529. The second-order valence-corrected chi connectivity index (χ2v) is 5.64. The van der Waals surface area contributed by atoms with Gasteiger partial charge in [-0.2, -0.15) is 0 Å². The van der Waals surface area contributed by atoms with E-state index in [-0.39, 0.29) is 5.91 Å². The summed E-state index contributed by atoms with van der Waals surface area (Å²) in [6.07, 6.45) is 1.07. The summed E-state index contributed by atoms with van der Waals surface area (Å²) in [5.41, 5.74) is 6.82. The van der Waals surface area contributed by atoms with Crippen LogP contribution in [0.4, 0.5) is 5.69 Å². The Morgan fingerprint density at radius 2 is 2.11 bits per heavy atom. The normalized spacial score (nSPS) is 24.1. The summed E-state index contributed by atoms with van der Waals surface area (Å²) in [4.78, 5) is 14.3. The van der Waals surface area contributed by atoms with Gasteiger partial charge in [0.25, 0.3) is 5.91 Å². The number of hydrogen-bond donors (Lipinski definition) is 1. The minimum Gasteiger partial charge on any atom is -0.398 e. The van der Waals surface area contributed by atoms with Gasteiger partial charge in [-0.05, 0) is 36.5 Å². The molecule has 2 rings (SSSR count). The van der Waals surface area contributed by atoms with Crippen molar-refractivity contribution in [1.82, 2.24) is 4.90 Å². The van der Waals surface area contributed by atoms with Crippen molar-refractivity contribution in [3.05, 3.63) is 28.8 Å². The van der Waals surface area contributed by atoms with Gasteiger partial charge in [-0.15, -0.1) is 0 Å². The van der Waals surface area contributed by atoms with Crippen LogP contribution in [0.3, 0.4) is 0 Å². The van der Waals surface area contributed by atoms with E-state index in [0.717, 1.165) is 19.5 Å². The fraction of sp³-hybridized carbons (Fsp3) is 0.500. The van der Waals surface area contributed by atoms with Gasteiger partial charge < -0.3 is 10.6 Å². The van der Waals surface area contributed by atoms with Crippen LogP contribution < -0.4 is 5.73 Å². The molecule has 4 heteroatoms. The number of rotatable bonds is 1. The maximum Gasteiger partial charge on any atom is 0.253 e. The molecule has 2 atom stereocenters. The maximum atomic E-state index is 12.3. The van der Waals surface area contributed by atoms with Crippen LogP contribution in [-0.4, -0.2) is 23.9 Å². The molecule has 0 radical (unpaired) electrons. The highest BCUT2D eigenvalue weighted by atomic mass is 35.5. The number of piperidine rings is 1. The van der Waals surface area contributed by atoms with Crippen LogP contribution in [0.5, 0.6) is 0 Å². The molecule has 0 spiro atoms. The van der Waals surface area contributed by atoms with Gasteiger partial charge in [-0.25, -0.2) is 0 Å². The molecule has 1 fully saturated rings. The molecule has 1 saturated heterocycles. The quantitative estimate of drug-likeness (QED) is 0.794. The molecule has 0 aromatic heterocycles. The highest BCUT2D eigenvalue weighted by Gasteiger charge is 2.26. The lowest BCUT2D eigenvalue weighted by atomic mass is 9.88. The first kappa shape index (κ1) is 13.2. The van der Waals surface area contributed by atoms with E-state index in [2.05, 4.69) is 13.8 Å². The summed E-state index contributed by atoms with van der Waals surface area (Å²) < 4.78 is 0. The Kier molecular flexibility index (Phi) is 3.81. The van der Waals surface area contributed by atoms with Crippen LogP contribution >= 0.6 is 11.6 Å². The molecule has 0 saturated carbocycles. The molecule has 1 aliphatic heterocycles. The standard InChI is InChI=1S/C14H19ClN2O/c1-9-5-6-17(8-10(9)2)14(18)11-3-4-12(15)13(16)7-11/h3-4,7,9-10H,5-6,8,16H2,1-2H3. The number of nitrogens with zero attached hydrogens (tertiary/aromatic N) is 1. The summed E-state index contributed by atoms with van der Waals surface area (Å²) in [6.45, 7) is 6.09. The second kappa shape index (κ2) is 5.19. The number of nitrogens with two attached hydrogens (primary N) is 1. The molecule has 18 heavy (non-hydrogen) atoms. The van der Waals surface area contributed by atoms with Crippen molar-refractivity contribution in [1.29, 1.82) is 0 Å². The average Bonchev–Trinajstić information content (AvgIpc) is 2.35. The lowest BCUT2D eigenvalue weighted by Gasteiger charge is -2.35. The first-order valence-corrected chi connectivity index (χ1v) is 6.71. The van der Waals surface area contributed by atoms with Gasteiger partial charge in [0, 0.05) is 18.7 Å². The van der Waals surface area contributed by atoms with Crippen LogP contribution in [0.2, 0.25) is 5.02 Å². The first-order chi connectivity index (χ1) is 8.49.